The minimum absolute atomic E-state index is 0.231. The van der Waals surface area contributed by atoms with Crippen LogP contribution in [0.2, 0.25) is 0 Å². The molecule has 1 saturated heterocycles. The number of nitriles is 1. The number of anilines is 1. The number of likely N-dealkylation sites (tertiary alicyclic amines) is 1. The van der Waals surface area contributed by atoms with Crippen molar-refractivity contribution in [3.63, 3.8) is 0 Å². The summed E-state index contributed by atoms with van der Waals surface area (Å²) < 4.78 is 5.89. The highest BCUT2D eigenvalue weighted by atomic mass is 79.9. The van der Waals surface area contributed by atoms with Crippen molar-refractivity contribution in [1.82, 2.24) is 4.90 Å². The van der Waals surface area contributed by atoms with Crippen LogP contribution in [0.3, 0.4) is 0 Å². The van der Waals surface area contributed by atoms with Crippen LogP contribution < -0.4 is 5.32 Å². The van der Waals surface area contributed by atoms with Crippen molar-refractivity contribution in [3.05, 3.63) is 28.2 Å². The lowest BCUT2D eigenvalue weighted by molar-refractivity contribution is 0.0983. The molecular weight excluding hydrogens is 334 g/mol. The summed E-state index contributed by atoms with van der Waals surface area (Å²) in [4.78, 5) is 13.4. The maximum absolute atomic E-state index is 11.6. The summed E-state index contributed by atoms with van der Waals surface area (Å²) in [5, 5.41) is 12.4. The molecule has 0 aromatic heterocycles. The van der Waals surface area contributed by atoms with Gasteiger partial charge in [0.2, 0.25) is 0 Å². The van der Waals surface area contributed by atoms with E-state index >= 15 is 0 Å². The maximum Gasteiger partial charge on any atom is 0.409 e. The van der Waals surface area contributed by atoms with Crippen molar-refractivity contribution in [2.24, 2.45) is 0 Å². The second-order valence-electron chi connectivity index (χ2n) is 4.94. The van der Waals surface area contributed by atoms with Crippen LogP contribution in [0.15, 0.2) is 22.7 Å². The van der Waals surface area contributed by atoms with Gasteiger partial charge in [0.05, 0.1) is 18.2 Å². The molecule has 0 saturated carbocycles. The average molecular weight is 352 g/mol. The smallest absolute Gasteiger partial charge is 0.409 e. The number of rotatable bonds is 3. The van der Waals surface area contributed by atoms with Crippen LogP contribution in [-0.4, -0.2) is 36.7 Å². The average Bonchev–Trinajstić information content (AvgIpc) is 2.47. The Kier molecular flexibility index (Phi) is 5.45. The molecule has 0 unspecified atom stereocenters. The summed E-state index contributed by atoms with van der Waals surface area (Å²) in [6.07, 6.45) is 1.51. The van der Waals surface area contributed by atoms with Crippen molar-refractivity contribution in [1.29, 1.82) is 5.26 Å². The first-order chi connectivity index (χ1) is 10.1. The third-order valence-corrected chi connectivity index (χ3v) is 3.88. The van der Waals surface area contributed by atoms with E-state index in [0.717, 1.165) is 23.0 Å². The molecule has 5 nitrogen and oxygen atoms in total. The highest BCUT2D eigenvalue weighted by Gasteiger charge is 2.23. The minimum atomic E-state index is -0.231. The van der Waals surface area contributed by atoms with Crippen LogP contribution in [0.1, 0.15) is 25.3 Å². The van der Waals surface area contributed by atoms with Gasteiger partial charge in [0.25, 0.3) is 0 Å². The van der Waals surface area contributed by atoms with Gasteiger partial charge in [-0.2, -0.15) is 5.26 Å². The zero-order chi connectivity index (χ0) is 15.2. The van der Waals surface area contributed by atoms with Crippen LogP contribution in [0.25, 0.3) is 0 Å². The molecule has 1 N–H and O–H groups in total. The van der Waals surface area contributed by atoms with Crippen LogP contribution in [0.5, 0.6) is 0 Å². The molecular formula is C15H18BrN3O2. The van der Waals surface area contributed by atoms with Crippen molar-refractivity contribution in [3.8, 4) is 6.07 Å². The number of hydrogen-bond donors (Lipinski definition) is 1. The Hall–Kier alpha value is -1.74. The number of piperidine rings is 1. The summed E-state index contributed by atoms with van der Waals surface area (Å²) >= 11 is 3.40. The molecule has 1 fully saturated rings. The first-order valence-electron chi connectivity index (χ1n) is 7.01. The molecule has 0 spiro atoms. The number of benzene rings is 1. The van der Waals surface area contributed by atoms with E-state index in [0.29, 0.717) is 31.3 Å². The predicted molar refractivity (Wildman–Crippen MR) is 84.1 cm³/mol. The van der Waals surface area contributed by atoms with E-state index < -0.39 is 0 Å². The van der Waals surface area contributed by atoms with Gasteiger partial charge in [-0.3, -0.25) is 0 Å². The summed E-state index contributed by atoms with van der Waals surface area (Å²) in [6.45, 7) is 3.60. The van der Waals surface area contributed by atoms with Crippen LogP contribution >= 0.6 is 15.9 Å². The fraction of sp³-hybridized carbons (Fsp3) is 0.467. The van der Waals surface area contributed by atoms with E-state index in [2.05, 4.69) is 27.3 Å². The topological polar surface area (TPSA) is 65.4 Å². The first-order valence-corrected chi connectivity index (χ1v) is 7.80. The first kappa shape index (κ1) is 15.6. The second-order valence-corrected chi connectivity index (χ2v) is 5.86. The fourth-order valence-corrected chi connectivity index (χ4v) is 2.89. The molecule has 21 heavy (non-hydrogen) atoms. The Morgan fingerprint density at radius 2 is 2.19 bits per heavy atom. The highest BCUT2D eigenvalue weighted by Crippen LogP contribution is 2.22. The standard InChI is InChI=1S/C15H18BrN3O2/c1-2-21-15(20)19-5-3-13(4-6-19)18-14-8-11(10-17)7-12(16)9-14/h7-9,13,18H,2-6H2,1H3. The van der Waals surface area contributed by atoms with Gasteiger partial charge in [-0.25, -0.2) is 4.79 Å². The Morgan fingerprint density at radius 3 is 2.81 bits per heavy atom. The number of nitrogens with one attached hydrogen (secondary N) is 1. The van der Waals surface area contributed by atoms with E-state index in [-0.39, 0.29) is 6.09 Å². The van der Waals surface area contributed by atoms with Gasteiger partial charge >= 0.3 is 6.09 Å². The zero-order valence-electron chi connectivity index (χ0n) is 11.9. The predicted octanol–water partition coefficient (Wildman–Crippen LogP) is 3.35. The van der Waals surface area contributed by atoms with Gasteiger partial charge in [-0.15, -0.1) is 0 Å². The molecule has 0 atom stereocenters. The fourth-order valence-electron chi connectivity index (χ4n) is 2.39. The molecule has 0 radical (unpaired) electrons. The molecule has 6 heteroatoms. The van der Waals surface area contributed by atoms with E-state index in [1.165, 1.54) is 0 Å². The molecule has 0 bridgehead atoms. The molecule has 1 amide bonds. The molecule has 2 rings (SSSR count). The van der Waals surface area contributed by atoms with Gasteiger partial charge < -0.3 is 15.0 Å². The molecule has 1 aliphatic heterocycles. The Morgan fingerprint density at radius 1 is 1.48 bits per heavy atom. The SMILES string of the molecule is CCOC(=O)N1CCC(Nc2cc(Br)cc(C#N)c2)CC1. The second kappa shape index (κ2) is 7.32. The number of amides is 1. The van der Waals surface area contributed by atoms with Crippen LogP contribution in [0, 0.1) is 11.3 Å². The number of hydrogen-bond acceptors (Lipinski definition) is 4. The van der Waals surface area contributed by atoms with E-state index in [1.54, 1.807) is 11.0 Å². The maximum atomic E-state index is 11.6. The quantitative estimate of drug-likeness (QED) is 0.906. The van der Waals surface area contributed by atoms with Gasteiger partial charge in [0.15, 0.2) is 0 Å². The normalized spacial score (nSPS) is 15.4. The van der Waals surface area contributed by atoms with Crippen molar-refractivity contribution in [2.75, 3.05) is 25.0 Å². The van der Waals surface area contributed by atoms with Crippen molar-refractivity contribution >= 4 is 27.7 Å². The van der Waals surface area contributed by atoms with Crippen LogP contribution in [-0.2, 0) is 4.74 Å². The van der Waals surface area contributed by atoms with Crippen molar-refractivity contribution in [2.45, 2.75) is 25.8 Å². The third-order valence-electron chi connectivity index (χ3n) is 3.42. The van der Waals surface area contributed by atoms with E-state index in [1.807, 2.05) is 19.1 Å². The molecule has 112 valence electrons. The number of ether oxygens (including phenoxy) is 1. The van der Waals surface area contributed by atoms with Gasteiger partial charge in [0, 0.05) is 29.3 Å². The Labute approximate surface area is 133 Å². The molecule has 1 aromatic carbocycles. The monoisotopic (exact) mass is 351 g/mol. The zero-order valence-corrected chi connectivity index (χ0v) is 13.5. The van der Waals surface area contributed by atoms with E-state index in [9.17, 15) is 4.79 Å². The molecule has 1 aliphatic rings. The number of carbonyl (C=O) groups excluding carboxylic acids is 1. The van der Waals surface area contributed by atoms with Gasteiger partial charge in [0.1, 0.15) is 0 Å². The summed E-state index contributed by atoms with van der Waals surface area (Å²) in [5.74, 6) is 0. The number of carbonyl (C=O) groups is 1. The van der Waals surface area contributed by atoms with E-state index in [4.69, 9.17) is 10.00 Å². The van der Waals surface area contributed by atoms with Gasteiger partial charge in [-0.05, 0) is 38.0 Å². The summed E-state index contributed by atoms with van der Waals surface area (Å²) in [7, 11) is 0. The summed E-state index contributed by atoms with van der Waals surface area (Å²) in [6, 6.07) is 8.02. The van der Waals surface area contributed by atoms with Crippen molar-refractivity contribution < 1.29 is 9.53 Å². The Bertz CT molecular complexity index is 548. The number of nitrogens with zero attached hydrogens (tertiary/aromatic N) is 2. The molecule has 1 aromatic rings. The lowest BCUT2D eigenvalue weighted by Gasteiger charge is -2.32. The highest BCUT2D eigenvalue weighted by molar-refractivity contribution is 9.10. The minimum Gasteiger partial charge on any atom is -0.450 e. The number of halogens is 1. The molecule has 1 heterocycles. The Balaban J connectivity index is 1.90. The lowest BCUT2D eigenvalue weighted by atomic mass is 10.0. The summed E-state index contributed by atoms with van der Waals surface area (Å²) in [5.41, 5.74) is 1.55. The molecule has 0 aliphatic carbocycles. The largest absolute Gasteiger partial charge is 0.450 e. The third kappa shape index (κ3) is 4.36. The lowest BCUT2D eigenvalue weighted by Crippen LogP contribution is -2.42. The van der Waals surface area contributed by atoms with Gasteiger partial charge in [-0.1, -0.05) is 15.9 Å². The van der Waals surface area contributed by atoms with Crippen LogP contribution in [0.4, 0.5) is 10.5 Å².